The zero-order valence-corrected chi connectivity index (χ0v) is 33.0. The van der Waals surface area contributed by atoms with Crippen molar-refractivity contribution in [1.82, 2.24) is 15.1 Å². The topological polar surface area (TPSA) is 135 Å². The van der Waals surface area contributed by atoms with Crippen LogP contribution in [0.4, 0.5) is 24.5 Å². The molecule has 0 aromatic heterocycles. The van der Waals surface area contributed by atoms with E-state index in [-0.39, 0.29) is 65.2 Å². The van der Waals surface area contributed by atoms with Gasteiger partial charge in [-0.05, 0) is 133 Å². The van der Waals surface area contributed by atoms with E-state index in [4.69, 9.17) is 17.0 Å². The Morgan fingerprint density at radius 2 is 1.68 bits per heavy atom. The maximum atomic E-state index is 13.7. The molecule has 2 N–H and O–H groups in total. The maximum absolute atomic E-state index is 13.7. The van der Waals surface area contributed by atoms with E-state index in [0.717, 1.165) is 62.6 Å². The van der Waals surface area contributed by atoms with Gasteiger partial charge < -0.3 is 15.0 Å². The number of nitrogens with one attached hydrogen (secondary N) is 2. The van der Waals surface area contributed by atoms with Crippen molar-refractivity contribution < 1.29 is 37.1 Å². The summed E-state index contributed by atoms with van der Waals surface area (Å²) in [6.07, 6.45) is 1.85. The summed E-state index contributed by atoms with van der Waals surface area (Å²) in [5.41, 5.74) is -1.22. The molecule has 11 nitrogen and oxygen atoms in total. The number of anilines is 2. The average Bonchev–Trinajstić information content (AvgIpc) is 3.32. The number of imide groups is 1. The SMILES string of the molecule is C[C@@H]1C[C@@H](CCO[C@H]2CC[C@H](N3C(=S)N(c4ccc(C#N)c(C(F)(F)F)c4)C(=O)C3(C)C)CC2)C[C@H](C)N1CC(=O)Nc1ccc(C2CCC(=O)NC2=O)cc1. The van der Waals surface area contributed by atoms with Crippen molar-refractivity contribution in [3.8, 4) is 6.07 Å². The first kappa shape index (κ1) is 41.2. The molecule has 4 atom stereocenters. The highest BCUT2D eigenvalue weighted by Gasteiger charge is 2.52. The number of rotatable bonds is 10. The molecule has 56 heavy (non-hydrogen) atoms. The summed E-state index contributed by atoms with van der Waals surface area (Å²) in [7, 11) is 0. The van der Waals surface area contributed by atoms with Crippen molar-refractivity contribution in [3.05, 3.63) is 59.2 Å². The second-order valence-corrected chi connectivity index (χ2v) is 16.5. The smallest absolute Gasteiger partial charge is 0.378 e. The van der Waals surface area contributed by atoms with Crippen LogP contribution >= 0.6 is 12.2 Å². The molecular formula is C41H49F3N6O5S. The van der Waals surface area contributed by atoms with Crippen molar-refractivity contribution in [1.29, 1.82) is 5.26 Å². The van der Waals surface area contributed by atoms with Gasteiger partial charge in [-0.3, -0.25) is 34.3 Å². The van der Waals surface area contributed by atoms with Crippen molar-refractivity contribution in [2.75, 3.05) is 23.4 Å². The number of alkyl halides is 3. The minimum absolute atomic E-state index is 0.00712. The first-order valence-corrected chi connectivity index (χ1v) is 19.8. The molecule has 2 aromatic carbocycles. The number of hydrogen-bond donors (Lipinski definition) is 2. The van der Waals surface area contributed by atoms with Crippen LogP contribution in [-0.2, 0) is 30.1 Å². The fraction of sp³-hybridized carbons (Fsp3) is 0.561. The van der Waals surface area contributed by atoms with E-state index >= 15 is 0 Å². The molecule has 4 aliphatic rings. The van der Waals surface area contributed by atoms with E-state index in [1.807, 2.05) is 17.0 Å². The van der Waals surface area contributed by atoms with Crippen LogP contribution in [0.15, 0.2) is 42.5 Å². The summed E-state index contributed by atoms with van der Waals surface area (Å²) in [6.45, 7) is 8.67. The highest BCUT2D eigenvalue weighted by molar-refractivity contribution is 7.80. The van der Waals surface area contributed by atoms with E-state index in [1.54, 1.807) is 32.0 Å². The van der Waals surface area contributed by atoms with Gasteiger partial charge in [-0.2, -0.15) is 18.4 Å². The van der Waals surface area contributed by atoms with Gasteiger partial charge in [0.15, 0.2) is 5.11 Å². The highest BCUT2D eigenvalue weighted by atomic mass is 32.1. The molecule has 2 aromatic rings. The predicted octanol–water partition coefficient (Wildman–Crippen LogP) is 6.65. The van der Waals surface area contributed by atoms with Gasteiger partial charge in [-0.15, -0.1) is 0 Å². The molecule has 0 bridgehead atoms. The number of nitriles is 1. The van der Waals surface area contributed by atoms with Gasteiger partial charge in [0.2, 0.25) is 17.7 Å². The standard InChI is InChI=1S/C41H49F3N6O5S/c1-24-19-26(20-25(2)48(24)23-36(52)46-29-8-5-27(6-9-29)33-15-16-35(51)47-37(33)53)17-18-55-32-13-11-30(12-14-32)50-39(56)49(38(54)40(50,3)4)31-10-7-28(22-45)34(21-31)41(42,43)44/h5-10,21,24-26,30,32-33H,11-20,23H2,1-4H3,(H,46,52)(H,47,51,53)/t24-,25+,26-,30-,32-,33?. The van der Waals surface area contributed by atoms with E-state index in [0.29, 0.717) is 31.1 Å². The maximum Gasteiger partial charge on any atom is 0.417 e. The van der Waals surface area contributed by atoms with Crippen LogP contribution in [-0.4, -0.2) is 81.5 Å². The van der Waals surface area contributed by atoms with Gasteiger partial charge in [-0.1, -0.05) is 12.1 Å². The molecule has 0 spiro atoms. The van der Waals surface area contributed by atoms with Crippen LogP contribution in [0, 0.1) is 17.2 Å². The molecule has 15 heteroatoms. The highest BCUT2D eigenvalue weighted by Crippen LogP contribution is 2.41. The van der Waals surface area contributed by atoms with Crippen LogP contribution in [0.5, 0.6) is 0 Å². The Hall–Kier alpha value is -4.39. The van der Waals surface area contributed by atoms with Crippen LogP contribution in [0.25, 0.3) is 0 Å². The first-order chi connectivity index (χ1) is 26.5. The van der Waals surface area contributed by atoms with Crippen LogP contribution in [0.2, 0.25) is 0 Å². The minimum atomic E-state index is -4.76. The van der Waals surface area contributed by atoms with Crippen LogP contribution in [0.3, 0.4) is 0 Å². The lowest BCUT2D eigenvalue weighted by Gasteiger charge is -2.42. The molecule has 3 aliphatic heterocycles. The lowest BCUT2D eigenvalue weighted by Crippen LogP contribution is -2.51. The van der Waals surface area contributed by atoms with Gasteiger partial charge in [0.25, 0.3) is 5.91 Å². The fourth-order valence-electron chi connectivity index (χ4n) is 9.02. The predicted molar refractivity (Wildman–Crippen MR) is 207 cm³/mol. The van der Waals surface area contributed by atoms with Gasteiger partial charge in [-0.25, -0.2) is 0 Å². The quantitative estimate of drug-likeness (QED) is 0.200. The zero-order valence-electron chi connectivity index (χ0n) is 32.2. The Balaban J connectivity index is 0.942. The number of likely N-dealkylation sites (tertiary alicyclic amines) is 1. The Kier molecular flexibility index (Phi) is 12.2. The number of thiocarbonyl (C=S) groups is 1. The van der Waals surface area contributed by atoms with E-state index in [9.17, 15) is 37.6 Å². The molecule has 1 unspecified atom stereocenters. The summed E-state index contributed by atoms with van der Waals surface area (Å²) in [6, 6.07) is 12.4. The Labute approximate surface area is 330 Å². The summed E-state index contributed by atoms with van der Waals surface area (Å²) in [5.74, 6) is -0.975. The molecule has 3 heterocycles. The first-order valence-electron chi connectivity index (χ1n) is 19.4. The summed E-state index contributed by atoms with van der Waals surface area (Å²) in [5, 5.41) is 14.7. The lowest BCUT2D eigenvalue weighted by molar-refractivity contribution is -0.138. The monoisotopic (exact) mass is 794 g/mol. The summed E-state index contributed by atoms with van der Waals surface area (Å²) < 4.78 is 47.5. The largest absolute Gasteiger partial charge is 0.417 e. The number of halogens is 3. The molecular weight excluding hydrogens is 746 g/mol. The Bertz CT molecular complexity index is 1880. The molecule has 4 amide bonds. The summed E-state index contributed by atoms with van der Waals surface area (Å²) >= 11 is 5.74. The van der Waals surface area contributed by atoms with Crippen molar-refractivity contribution in [2.24, 2.45) is 5.92 Å². The Morgan fingerprint density at radius 1 is 1.02 bits per heavy atom. The van der Waals surface area contributed by atoms with E-state index in [1.165, 1.54) is 11.0 Å². The second kappa shape index (κ2) is 16.6. The number of benzene rings is 2. The molecule has 1 aliphatic carbocycles. The number of amides is 4. The number of carbonyl (C=O) groups is 4. The third-order valence-electron chi connectivity index (χ3n) is 11.9. The second-order valence-electron chi connectivity index (χ2n) is 16.2. The number of nitrogens with zero attached hydrogens (tertiary/aromatic N) is 4. The van der Waals surface area contributed by atoms with Crippen LogP contribution in [0.1, 0.15) is 108 Å². The van der Waals surface area contributed by atoms with Gasteiger partial charge in [0.05, 0.1) is 41.5 Å². The normalized spacial score (nSPS) is 27.2. The fourth-order valence-corrected chi connectivity index (χ4v) is 9.58. The number of hydrogen-bond acceptors (Lipinski definition) is 8. The Morgan fingerprint density at radius 3 is 2.29 bits per heavy atom. The van der Waals surface area contributed by atoms with Gasteiger partial charge in [0.1, 0.15) is 5.54 Å². The third kappa shape index (κ3) is 8.77. The van der Waals surface area contributed by atoms with Crippen LogP contribution < -0.4 is 15.5 Å². The molecule has 3 saturated heterocycles. The van der Waals surface area contributed by atoms with E-state index in [2.05, 4.69) is 29.4 Å². The molecule has 4 fully saturated rings. The minimum Gasteiger partial charge on any atom is -0.378 e. The van der Waals surface area contributed by atoms with Gasteiger partial charge >= 0.3 is 6.18 Å². The average molecular weight is 795 g/mol. The number of ether oxygens (including phenoxy) is 1. The van der Waals surface area contributed by atoms with Gasteiger partial charge in [0, 0.05) is 36.8 Å². The molecule has 6 rings (SSSR count). The van der Waals surface area contributed by atoms with Crippen molar-refractivity contribution >= 4 is 52.3 Å². The van der Waals surface area contributed by atoms with Crippen molar-refractivity contribution in [2.45, 2.75) is 127 Å². The number of piperidine rings is 2. The zero-order chi connectivity index (χ0) is 40.5. The molecule has 1 saturated carbocycles. The van der Waals surface area contributed by atoms with Crippen molar-refractivity contribution in [3.63, 3.8) is 0 Å². The molecule has 300 valence electrons. The summed E-state index contributed by atoms with van der Waals surface area (Å²) in [4.78, 5) is 55.6. The number of carbonyl (C=O) groups excluding carboxylic acids is 4. The van der Waals surface area contributed by atoms with E-state index < -0.39 is 28.7 Å². The molecule has 0 radical (unpaired) electrons. The lowest BCUT2D eigenvalue weighted by atomic mass is 9.85. The third-order valence-corrected chi connectivity index (χ3v) is 12.3.